The standard InChI is InChI=1S/C15H12N4O4/c1-17-13-12(14(20)18(2)15(17)21)11(9-6-4-3-5-7-9)10(8-16-13)19(22)23/h3-8H,1-2H3. The first-order chi connectivity index (χ1) is 10.9. The molecule has 0 fully saturated rings. The van der Waals surface area contributed by atoms with Gasteiger partial charge in [-0.2, -0.15) is 0 Å². The van der Waals surface area contributed by atoms with Gasteiger partial charge in [0.1, 0.15) is 11.8 Å². The Hall–Kier alpha value is -3.29. The summed E-state index contributed by atoms with van der Waals surface area (Å²) in [4.78, 5) is 39.3. The van der Waals surface area contributed by atoms with Gasteiger partial charge in [-0.25, -0.2) is 9.78 Å². The second-order valence-electron chi connectivity index (χ2n) is 5.05. The van der Waals surface area contributed by atoms with Crippen LogP contribution in [0.3, 0.4) is 0 Å². The molecule has 0 atom stereocenters. The molecule has 23 heavy (non-hydrogen) atoms. The summed E-state index contributed by atoms with van der Waals surface area (Å²) in [7, 11) is 2.80. The quantitative estimate of drug-likeness (QED) is 0.523. The molecule has 0 aliphatic rings. The SMILES string of the molecule is Cn1c(=O)c2c(-c3ccccc3)c([N+](=O)[O-])cnc2n(C)c1=O. The molecule has 1 aromatic carbocycles. The second kappa shape index (κ2) is 5.16. The van der Waals surface area contributed by atoms with E-state index in [9.17, 15) is 19.7 Å². The third kappa shape index (κ3) is 2.11. The highest BCUT2D eigenvalue weighted by Gasteiger charge is 2.24. The third-order valence-corrected chi connectivity index (χ3v) is 3.71. The minimum Gasteiger partial charge on any atom is -0.280 e. The molecule has 3 aromatic rings. The normalized spacial score (nSPS) is 10.9. The molecule has 0 aliphatic carbocycles. The van der Waals surface area contributed by atoms with Gasteiger partial charge in [0, 0.05) is 14.1 Å². The molecule has 0 saturated carbocycles. The number of rotatable bonds is 2. The highest BCUT2D eigenvalue weighted by Crippen LogP contribution is 2.33. The summed E-state index contributed by atoms with van der Waals surface area (Å²) in [5.41, 5.74) is -0.637. The van der Waals surface area contributed by atoms with Crippen molar-refractivity contribution >= 4 is 16.7 Å². The van der Waals surface area contributed by atoms with Crippen LogP contribution >= 0.6 is 0 Å². The fourth-order valence-corrected chi connectivity index (χ4v) is 2.55. The van der Waals surface area contributed by atoms with Crippen LogP contribution in [0, 0.1) is 10.1 Å². The van der Waals surface area contributed by atoms with Gasteiger partial charge < -0.3 is 0 Å². The average molecular weight is 312 g/mol. The minimum atomic E-state index is -0.613. The molecule has 0 bridgehead atoms. The highest BCUT2D eigenvalue weighted by atomic mass is 16.6. The smallest absolute Gasteiger partial charge is 0.280 e. The van der Waals surface area contributed by atoms with Crippen molar-refractivity contribution in [3.63, 3.8) is 0 Å². The van der Waals surface area contributed by atoms with Crippen molar-refractivity contribution in [1.29, 1.82) is 0 Å². The molecule has 3 rings (SSSR count). The van der Waals surface area contributed by atoms with Crippen molar-refractivity contribution in [2.24, 2.45) is 14.1 Å². The first kappa shape index (κ1) is 14.6. The lowest BCUT2D eigenvalue weighted by Gasteiger charge is -2.10. The summed E-state index contributed by atoms with van der Waals surface area (Å²) in [5, 5.41) is 11.4. The second-order valence-corrected chi connectivity index (χ2v) is 5.05. The van der Waals surface area contributed by atoms with E-state index in [-0.39, 0.29) is 22.3 Å². The third-order valence-electron chi connectivity index (χ3n) is 3.71. The summed E-state index contributed by atoms with van der Waals surface area (Å²) in [6.45, 7) is 0. The average Bonchev–Trinajstić information content (AvgIpc) is 2.57. The van der Waals surface area contributed by atoms with Crippen LogP contribution in [-0.2, 0) is 14.1 Å². The van der Waals surface area contributed by atoms with Crippen molar-refractivity contribution in [2.75, 3.05) is 0 Å². The molecule has 2 aromatic heterocycles. The Balaban J connectivity index is 2.64. The maximum atomic E-state index is 12.6. The lowest BCUT2D eigenvalue weighted by Crippen LogP contribution is -2.37. The van der Waals surface area contributed by atoms with E-state index in [0.717, 1.165) is 10.8 Å². The van der Waals surface area contributed by atoms with Crippen LogP contribution in [0.5, 0.6) is 0 Å². The molecule has 0 N–H and O–H groups in total. The number of nitro groups is 1. The Labute approximate surface area is 129 Å². The molecule has 0 unspecified atom stereocenters. The van der Waals surface area contributed by atoms with Crippen LogP contribution in [0.25, 0.3) is 22.2 Å². The van der Waals surface area contributed by atoms with Gasteiger partial charge in [-0.05, 0) is 5.56 Å². The predicted octanol–water partition coefficient (Wildman–Crippen LogP) is 1.21. The van der Waals surface area contributed by atoms with E-state index in [1.807, 2.05) is 0 Å². The van der Waals surface area contributed by atoms with E-state index in [1.165, 1.54) is 18.7 Å². The van der Waals surface area contributed by atoms with E-state index in [4.69, 9.17) is 0 Å². The first-order valence-electron chi connectivity index (χ1n) is 6.72. The molecule has 8 nitrogen and oxygen atoms in total. The van der Waals surface area contributed by atoms with Gasteiger partial charge >= 0.3 is 5.69 Å². The lowest BCUT2D eigenvalue weighted by atomic mass is 10.0. The summed E-state index contributed by atoms with van der Waals surface area (Å²) in [6.07, 6.45) is 1.07. The van der Waals surface area contributed by atoms with Crippen molar-refractivity contribution in [3.05, 3.63) is 67.5 Å². The number of hydrogen-bond acceptors (Lipinski definition) is 5. The molecule has 116 valence electrons. The van der Waals surface area contributed by atoms with Crippen molar-refractivity contribution < 1.29 is 4.92 Å². The molecule has 0 amide bonds. The van der Waals surface area contributed by atoms with Gasteiger partial charge in [0.15, 0.2) is 0 Å². The molecule has 8 heteroatoms. The number of aryl methyl sites for hydroxylation is 1. The van der Waals surface area contributed by atoms with E-state index < -0.39 is 16.2 Å². The van der Waals surface area contributed by atoms with Gasteiger partial charge in [-0.3, -0.25) is 24.0 Å². The number of fused-ring (bicyclic) bond motifs is 1. The first-order valence-corrected chi connectivity index (χ1v) is 6.72. The Morgan fingerprint density at radius 2 is 1.74 bits per heavy atom. The maximum absolute atomic E-state index is 12.6. The van der Waals surface area contributed by atoms with Gasteiger partial charge in [-0.15, -0.1) is 0 Å². The molecule has 0 saturated heterocycles. The zero-order chi connectivity index (χ0) is 16.7. The van der Waals surface area contributed by atoms with E-state index in [2.05, 4.69) is 4.98 Å². The van der Waals surface area contributed by atoms with Gasteiger partial charge in [-0.1, -0.05) is 30.3 Å². The Kier molecular flexibility index (Phi) is 3.29. The topological polar surface area (TPSA) is 100 Å². The Morgan fingerprint density at radius 1 is 1.09 bits per heavy atom. The Morgan fingerprint density at radius 3 is 2.35 bits per heavy atom. The number of nitrogens with zero attached hydrogens (tertiary/aromatic N) is 4. The monoisotopic (exact) mass is 312 g/mol. The molecule has 0 radical (unpaired) electrons. The van der Waals surface area contributed by atoms with E-state index in [0.29, 0.717) is 5.56 Å². The number of pyridine rings is 1. The fraction of sp³-hybridized carbons (Fsp3) is 0.133. The highest BCUT2D eigenvalue weighted by molar-refractivity contribution is 5.96. The zero-order valence-corrected chi connectivity index (χ0v) is 12.4. The summed E-state index contributed by atoms with van der Waals surface area (Å²) >= 11 is 0. The summed E-state index contributed by atoms with van der Waals surface area (Å²) < 4.78 is 2.12. The molecule has 0 spiro atoms. The minimum absolute atomic E-state index is 0.0509. The van der Waals surface area contributed by atoms with Crippen molar-refractivity contribution in [2.45, 2.75) is 0 Å². The van der Waals surface area contributed by atoms with Crippen LogP contribution in [0.15, 0.2) is 46.1 Å². The van der Waals surface area contributed by atoms with Gasteiger partial charge in [0.05, 0.1) is 15.9 Å². The zero-order valence-electron chi connectivity index (χ0n) is 12.4. The fourth-order valence-electron chi connectivity index (χ4n) is 2.55. The van der Waals surface area contributed by atoms with Crippen molar-refractivity contribution in [1.82, 2.24) is 14.1 Å². The number of aromatic nitrogens is 3. The summed E-state index contributed by atoms with van der Waals surface area (Å²) in [6, 6.07) is 8.56. The number of hydrogen-bond donors (Lipinski definition) is 0. The van der Waals surface area contributed by atoms with Crippen LogP contribution in [0.4, 0.5) is 5.69 Å². The molecular weight excluding hydrogens is 300 g/mol. The van der Waals surface area contributed by atoms with Crippen molar-refractivity contribution in [3.8, 4) is 11.1 Å². The van der Waals surface area contributed by atoms with Crippen LogP contribution in [0.2, 0.25) is 0 Å². The Bertz CT molecular complexity index is 1050. The van der Waals surface area contributed by atoms with Crippen LogP contribution in [0.1, 0.15) is 0 Å². The van der Waals surface area contributed by atoms with Crippen LogP contribution < -0.4 is 11.2 Å². The van der Waals surface area contributed by atoms with Gasteiger partial charge in [0.25, 0.3) is 11.2 Å². The van der Waals surface area contributed by atoms with Gasteiger partial charge in [0.2, 0.25) is 0 Å². The maximum Gasteiger partial charge on any atom is 0.332 e. The van der Waals surface area contributed by atoms with Crippen LogP contribution in [-0.4, -0.2) is 19.0 Å². The molecular formula is C15H12N4O4. The lowest BCUT2D eigenvalue weighted by molar-refractivity contribution is -0.384. The number of benzene rings is 1. The molecule has 0 aliphatic heterocycles. The molecule has 2 heterocycles. The summed E-state index contributed by atoms with van der Waals surface area (Å²) in [5.74, 6) is 0. The predicted molar refractivity (Wildman–Crippen MR) is 84.3 cm³/mol. The van der Waals surface area contributed by atoms with E-state index in [1.54, 1.807) is 30.3 Å². The largest absolute Gasteiger partial charge is 0.332 e. The van der Waals surface area contributed by atoms with E-state index >= 15 is 0 Å².